The molecular weight excluding hydrogens is 346 g/mol. The normalized spacial score (nSPS) is 10.5. The Labute approximate surface area is 135 Å². The lowest BCUT2D eigenvalue weighted by Crippen LogP contribution is -2.08. The second-order valence-corrected chi connectivity index (χ2v) is 5.57. The summed E-state index contributed by atoms with van der Waals surface area (Å²) in [6.07, 6.45) is 3.08. The lowest BCUT2D eigenvalue weighted by Gasteiger charge is -2.07. The smallest absolute Gasteiger partial charge is 0.345 e. The molecule has 2 aromatic carbocycles. The van der Waals surface area contributed by atoms with Gasteiger partial charge in [0, 0.05) is 16.9 Å². The summed E-state index contributed by atoms with van der Waals surface area (Å²) >= 11 is 3.28. The van der Waals surface area contributed by atoms with Crippen LogP contribution in [0.1, 0.15) is 10.4 Å². The molecule has 0 bridgehead atoms. The molecule has 22 heavy (non-hydrogen) atoms. The number of fused-ring (bicyclic) bond motifs is 1. The lowest BCUT2D eigenvalue weighted by molar-refractivity contribution is 0.0734. The lowest BCUT2D eigenvalue weighted by atomic mass is 10.1. The van der Waals surface area contributed by atoms with Crippen molar-refractivity contribution in [2.75, 3.05) is 7.11 Å². The average Bonchev–Trinajstić information content (AvgIpc) is 2.54. The van der Waals surface area contributed by atoms with Gasteiger partial charge in [0.15, 0.2) is 0 Å². The first-order valence-electron chi connectivity index (χ1n) is 6.56. The number of pyridine rings is 1. The molecule has 4 nitrogen and oxygen atoms in total. The van der Waals surface area contributed by atoms with Crippen molar-refractivity contribution in [1.82, 2.24) is 4.98 Å². The molecule has 0 aliphatic carbocycles. The summed E-state index contributed by atoms with van der Waals surface area (Å²) in [7, 11) is 1.62. The minimum Gasteiger partial charge on any atom is -0.497 e. The predicted octanol–water partition coefficient (Wildman–Crippen LogP) is 4.23. The molecule has 0 fully saturated rings. The second kappa shape index (κ2) is 6.15. The van der Waals surface area contributed by atoms with E-state index in [9.17, 15) is 4.79 Å². The van der Waals surface area contributed by atoms with E-state index in [1.807, 2.05) is 24.3 Å². The Balaban J connectivity index is 1.88. The fourth-order valence-corrected chi connectivity index (χ4v) is 2.45. The minimum atomic E-state index is -0.448. The number of rotatable bonds is 3. The average molecular weight is 358 g/mol. The summed E-state index contributed by atoms with van der Waals surface area (Å²) in [6.45, 7) is 0. The Bertz CT molecular complexity index is 848. The van der Waals surface area contributed by atoms with Crippen molar-refractivity contribution >= 4 is 32.7 Å². The molecule has 0 atom stereocenters. The molecular formula is C17H12BrNO3. The Morgan fingerprint density at radius 3 is 2.45 bits per heavy atom. The van der Waals surface area contributed by atoms with E-state index < -0.39 is 5.97 Å². The molecule has 3 aromatic rings. The zero-order valence-corrected chi connectivity index (χ0v) is 13.3. The van der Waals surface area contributed by atoms with E-state index in [2.05, 4.69) is 20.9 Å². The summed E-state index contributed by atoms with van der Waals surface area (Å²) in [5.74, 6) is 0.786. The number of carbonyl (C=O) groups is 1. The maximum absolute atomic E-state index is 12.1. The van der Waals surface area contributed by atoms with Crippen LogP contribution in [0.3, 0.4) is 0 Å². The third-order valence-electron chi connectivity index (χ3n) is 3.17. The summed E-state index contributed by atoms with van der Waals surface area (Å²) in [5, 5.41) is 1.99. The van der Waals surface area contributed by atoms with Crippen molar-refractivity contribution in [3.63, 3.8) is 0 Å². The number of hydrogen-bond donors (Lipinski definition) is 0. The van der Waals surface area contributed by atoms with Gasteiger partial charge in [-0.25, -0.2) is 4.79 Å². The van der Waals surface area contributed by atoms with Gasteiger partial charge in [-0.15, -0.1) is 0 Å². The van der Waals surface area contributed by atoms with E-state index in [0.717, 1.165) is 21.0 Å². The van der Waals surface area contributed by atoms with Gasteiger partial charge in [0.1, 0.15) is 11.5 Å². The van der Waals surface area contributed by atoms with Gasteiger partial charge < -0.3 is 9.47 Å². The standard InChI is InChI=1S/C17H12BrNO3/c1-21-15-4-2-11-3-5-16(8-12(11)7-15)22-17(20)13-6-14(18)10-19-9-13/h2-10H,1H3. The van der Waals surface area contributed by atoms with E-state index in [1.54, 1.807) is 31.5 Å². The third kappa shape index (κ3) is 3.09. The Morgan fingerprint density at radius 2 is 1.73 bits per heavy atom. The summed E-state index contributed by atoms with van der Waals surface area (Å²) < 4.78 is 11.3. The molecule has 0 N–H and O–H groups in total. The van der Waals surface area contributed by atoms with E-state index in [1.165, 1.54) is 6.20 Å². The number of hydrogen-bond acceptors (Lipinski definition) is 4. The summed E-state index contributed by atoms with van der Waals surface area (Å²) in [4.78, 5) is 16.1. The number of halogens is 1. The third-order valence-corrected chi connectivity index (χ3v) is 3.60. The number of methoxy groups -OCH3 is 1. The minimum absolute atomic E-state index is 0.389. The summed E-state index contributed by atoms with van der Waals surface area (Å²) in [6, 6.07) is 12.9. The van der Waals surface area contributed by atoms with Crippen LogP contribution < -0.4 is 9.47 Å². The molecule has 110 valence electrons. The molecule has 0 unspecified atom stereocenters. The first-order valence-corrected chi connectivity index (χ1v) is 7.35. The van der Waals surface area contributed by atoms with Gasteiger partial charge in [-0.2, -0.15) is 0 Å². The largest absolute Gasteiger partial charge is 0.497 e. The van der Waals surface area contributed by atoms with Crippen molar-refractivity contribution in [3.05, 3.63) is 64.9 Å². The van der Waals surface area contributed by atoms with E-state index in [-0.39, 0.29) is 0 Å². The molecule has 3 rings (SSSR count). The molecule has 0 saturated carbocycles. The van der Waals surface area contributed by atoms with Crippen molar-refractivity contribution in [2.45, 2.75) is 0 Å². The van der Waals surface area contributed by atoms with Crippen molar-refractivity contribution in [2.24, 2.45) is 0 Å². The highest BCUT2D eigenvalue weighted by atomic mass is 79.9. The van der Waals surface area contributed by atoms with Crippen LogP contribution in [0, 0.1) is 0 Å². The maximum Gasteiger partial charge on any atom is 0.345 e. The molecule has 5 heteroatoms. The van der Waals surface area contributed by atoms with Gasteiger partial charge >= 0.3 is 5.97 Å². The van der Waals surface area contributed by atoms with Crippen LogP contribution in [0.15, 0.2) is 59.3 Å². The number of benzene rings is 2. The highest BCUT2D eigenvalue weighted by Crippen LogP contribution is 2.25. The number of nitrogens with zero attached hydrogens (tertiary/aromatic N) is 1. The Hall–Kier alpha value is -2.40. The highest BCUT2D eigenvalue weighted by Gasteiger charge is 2.10. The fourth-order valence-electron chi connectivity index (χ4n) is 2.08. The van der Waals surface area contributed by atoms with Crippen molar-refractivity contribution < 1.29 is 14.3 Å². The predicted molar refractivity (Wildman–Crippen MR) is 87.4 cm³/mol. The molecule has 0 radical (unpaired) electrons. The molecule has 0 amide bonds. The molecule has 1 heterocycles. The van der Waals surface area contributed by atoms with Crippen LogP contribution in [0.5, 0.6) is 11.5 Å². The SMILES string of the molecule is COc1ccc2ccc(OC(=O)c3cncc(Br)c3)cc2c1. The molecule has 0 aliphatic rings. The maximum atomic E-state index is 12.1. The molecule has 0 saturated heterocycles. The van der Waals surface area contributed by atoms with E-state index in [0.29, 0.717) is 11.3 Å². The van der Waals surface area contributed by atoms with Gasteiger partial charge in [0.2, 0.25) is 0 Å². The molecule has 0 spiro atoms. The van der Waals surface area contributed by atoms with Gasteiger partial charge in [-0.3, -0.25) is 4.98 Å². The zero-order chi connectivity index (χ0) is 15.5. The molecule has 0 aliphatic heterocycles. The van der Waals surface area contributed by atoms with Crippen LogP contribution >= 0.6 is 15.9 Å². The summed E-state index contributed by atoms with van der Waals surface area (Å²) in [5.41, 5.74) is 0.389. The first kappa shape index (κ1) is 14.5. The number of carbonyl (C=O) groups excluding carboxylic acids is 1. The zero-order valence-electron chi connectivity index (χ0n) is 11.7. The van der Waals surface area contributed by atoms with E-state index >= 15 is 0 Å². The van der Waals surface area contributed by atoms with Crippen LogP contribution in [-0.2, 0) is 0 Å². The number of esters is 1. The second-order valence-electron chi connectivity index (χ2n) is 4.66. The Kier molecular flexibility index (Phi) is 4.06. The fraction of sp³-hybridized carbons (Fsp3) is 0.0588. The van der Waals surface area contributed by atoms with Crippen LogP contribution in [0.2, 0.25) is 0 Å². The van der Waals surface area contributed by atoms with Crippen molar-refractivity contribution in [3.8, 4) is 11.5 Å². The number of ether oxygens (including phenoxy) is 2. The monoisotopic (exact) mass is 357 g/mol. The number of aromatic nitrogens is 1. The highest BCUT2D eigenvalue weighted by molar-refractivity contribution is 9.10. The van der Waals surface area contributed by atoms with Gasteiger partial charge in [-0.05, 0) is 57.0 Å². The van der Waals surface area contributed by atoms with Crippen LogP contribution in [0.25, 0.3) is 10.8 Å². The van der Waals surface area contributed by atoms with Crippen LogP contribution in [-0.4, -0.2) is 18.1 Å². The first-order chi connectivity index (χ1) is 10.7. The quantitative estimate of drug-likeness (QED) is 0.520. The Morgan fingerprint density at radius 1 is 1.00 bits per heavy atom. The van der Waals surface area contributed by atoms with Crippen LogP contribution in [0.4, 0.5) is 0 Å². The van der Waals surface area contributed by atoms with E-state index in [4.69, 9.17) is 9.47 Å². The topological polar surface area (TPSA) is 48.4 Å². The molecule has 1 aromatic heterocycles. The van der Waals surface area contributed by atoms with Gasteiger partial charge in [0.05, 0.1) is 12.7 Å². The van der Waals surface area contributed by atoms with Crippen molar-refractivity contribution in [1.29, 1.82) is 0 Å². The van der Waals surface area contributed by atoms with Gasteiger partial charge in [0.25, 0.3) is 0 Å². The van der Waals surface area contributed by atoms with Gasteiger partial charge in [-0.1, -0.05) is 12.1 Å².